The van der Waals surface area contributed by atoms with E-state index in [4.69, 9.17) is 5.11 Å². The van der Waals surface area contributed by atoms with Gasteiger partial charge in [-0.05, 0) is 12.8 Å². The third-order valence-electron chi connectivity index (χ3n) is 3.37. The number of nitrogens with zero attached hydrogens (tertiary/aromatic N) is 2. The number of aliphatic hydroxyl groups excluding tert-OH is 1. The molecule has 0 spiro atoms. The van der Waals surface area contributed by atoms with Gasteiger partial charge in [0, 0.05) is 12.6 Å². The second-order valence-corrected chi connectivity index (χ2v) is 4.53. The van der Waals surface area contributed by atoms with Crippen molar-refractivity contribution in [1.82, 2.24) is 4.98 Å². The monoisotopic (exact) mass is 278 g/mol. The number of hydrogen-bond acceptors (Lipinski definition) is 3. The molecule has 7 heteroatoms. The van der Waals surface area contributed by atoms with Gasteiger partial charge in [0.25, 0.3) is 11.9 Å². The summed E-state index contributed by atoms with van der Waals surface area (Å²) in [5, 5.41) is 8.99. The minimum absolute atomic E-state index is 0.0819. The van der Waals surface area contributed by atoms with Crippen LogP contribution < -0.4 is 4.90 Å². The van der Waals surface area contributed by atoms with E-state index in [1.54, 1.807) is 0 Å². The Morgan fingerprint density at radius 3 is 2.05 bits per heavy atom. The molecule has 0 amide bonds. The van der Waals surface area contributed by atoms with Gasteiger partial charge in [0.2, 0.25) is 11.6 Å². The molecule has 0 saturated heterocycles. The second kappa shape index (κ2) is 5.73. The van der Waals surface area contributed by atoms with Gasteiger partial charge >= 0.3 is 0 Å². The van der Waals surface area contributed by atoms with Crippen LogP contribution in [0.3, 0.4) is 0 Å². The molecule has 19 heavy (non-hydrogen) atoms. The van der Waals surface area contributed by atoms with Crippen molar-refractivity contribution in [1.29, 1.82) is 0 Å². The topological polar surface area (TPSA) is 36.4 Å². The fourth-order valence-electron chi connectivity index (χ4n) is 2.53. The molecule has 1 aliphatic rings. The quantitative estimate of drug-likeness (QED) is 0.678. The van der Waals surface area contributed by atoms with Crippen molar-refractivity contribution in [3.8, 4) is 0 Å². The van der Waals surface area contributed by atoms with Gasteiger partial charge in [0.05, 0.1) is 6.61 Å². The van der Waals surface area contributed by atoms with Crippen molar-refractivity contribution >= 4 is 5.69 Å². The third kappa shape index (κ3) is 2.65. The van der Waals surface area contributed by atoms with Gasteiger partial charge in [-0.15, -0.1) is 0 Å². The maximum absolute atomic E-state index is 13.7. The molecule has 1 aliphatic carbocycles. The fourth-order valence-corrected chi connectivity index (χ4v) is 2.53. The van der Waals surface area contributed by atoms with Crippen molar-refractivity contribution in [2.75, 3.05) is 18.1 Å². The fraction of sp³-hybridized carbons (Fsp3) is 0.583. The first-order valence-electron chi connectivity index (χ1n) is 6.13. The third-order valence-corrected chi connectivity index (χ3v) is 3.37. The lowest BCUT2D eigenvalue weighted by Gasteiger charge is -2.30. The number of aromatic nitrogens is 1. The summed E-state index contributed by atoms with van der Waals surface area (Å²) >= 11 is 0. The van der Waals surface area contributed by atoms with Crippen LogP contribution in [-0.4, -0.2) is 29.3 Å². The van der Waals surface area contributed by atoms with Gasteiger partial charge in [-0.25, -0.2) is 0 Å². The van der Waals surface area contributed by atoms with Crippen molar-refractivity contribution < 1.29 is 22.7 Å². The zero-order valence-electron chi connectivity index (χ0n) is 10.2. The second-order valence-electron chi connectivity index (χ2n) is 4.53. The van der Waals surface area contributed by atoms with E-state index in [0.29, 0.717) is 12.8 Å². The lowest BCUT2D eigenvalue weighted by Crippen LogP contribution is -2.37. The lowest BCUT2D eigenvalue weighted by atomic mass is 10.1. The summed E-state index contributed by atoms with van der Waals surface area (Å²) in [6.45, 7) is -0.442. The molecule has 1 saturated carbocycles. The zero-order chi connectivity index (χ0) is 14.0. The minimum Gasteiger partial charge on any atom is -0.395 e. The molecule has 1 aromatic heterocycles. The summed E-state index contributed by atoms with van der Waals surface area (Å²) in [7, 11) is 0. The van der Waals surface area contributed by atoms with Gasteiger partial charge in [-0.3, -0.25) is 0 Å². The Bertz CT molecular complexity index is 437. The summed E-state index contributed by atoms with van der Waals surface area (Å²) in [5.41, 5.74) is -0.772. The molecule has 106 valence electrons. The van der Waals surface area contributed by atoms with Gasteiger partial charge in [0.15, 0.2) is 0 Å². The molecule has 0 atom stereocenters. The molecule has 0 aliphatic heterocycles. The van der Waals surface area contributed by atoms with Crippen LogP contribution in [0.15, 0.2) is 0 Å². The Kier molecular flexibility index (Phi) is 4.24. The molecule has 3 nitrogen and oxygen atoms in total. The average Bonchev–Trinajstić information content (AvgIpc) is 2.89. The molecule has 2 rings (SSSR count). The van der Waals surface area contributed by atoms with Crippen molar-refractivity contribution in [3.63, 3.8) is 0 Å². The van der Waals surface area contributed by atoms with E-state index < -0.39 is 29.2 Å². The summed E-state index contributed by atoms with van der Waals surface area (Å²) < 4.78 is 53.7. The highest BCUT2D eigenvalue weighted by atomic mass is 19.2. The molecule has 1 fully saturated rings. The number of halogens is 4. The molecule has 1 heterocycles. The first-order chi connectivity index (χ1) is 9.06. The lowest BCUT2D eigenvalue weighted by molar-refractivity contribution is 0.294. The maximum Gasteiger partial charge on any atom is 0.253 e. The number of hydrogen-bond donors (Lipinski definition) is 1. The van der Waals surface area contributed by atoms with Crippen LogP contribution in [0.2, 0.25) is 0 Å². The smallest absolute Gasteiger partial charge is 0.253 e. The Hall–Kier alpha value is -1.37. The first-order valence-corrected chi connectivity index (χ1v) is 6.13. The Labute approximate surface area is 107 Å². The zero-order valence-corrected chi connectivity index (χ0v) is 10.2. The van der Waals surface area contributed by atoms with Gasteiger partial charge in [0.1, 0.15) is 5.69 Å². The summed E-state index contributed by atoms with van der Waals surface area (Å²) in [5.74, 6) is -6.37. The SMILES string of the molecule is OCCN(c1c(F)c(F)nc(F)c1F)C1CCCC1. The van der Waals surface area contributed by atoms with E-state index in [1.165, 1.54) is 4.90 Å². The van der Waals surface area contributed by atoms with E-state index in [2.05, 4.69) is 4.98 Å². The van der Waals surface area contributed by atoms with Gasteiger partial charge in [-0.1, -0.05) is 12.8 Å². The van der Waals surface area contributed by atoms with E-state index >= 15 is 0 Å². The normalized spacial score (nSPS) is 16.1. The Morgan fingerprint density at radius 1 is 1.05 bits per heavy atom. The molecular weight excluding hydrogens is 264 g/mol. The van der Waals surface area contributed by atoms with Crippen LogP contribution in [0.25, 0.3) is 0 Å². The molecule has 0 unspecified atom stereocenters. The van der Waals surface area contributed by atoms with Gasteiger partial charge < -0.3 is 10.0 Å². The number of aliphatic hydroxyl groups is 1. The highest BCUT2D eigenvalue weighted by molar-refractivity contribution is 5.49. The standard InChI is InChI=1S/C12H14F4N2O/c13-8-10(9(14)12(16)17-11(8)15)18(5-6-19)7-3-1-2-4-7/h7,19H,1-6H2. The van der Waals surface area contributed by atoms with Crippen molar-refractivity contribution in [3.05, 3.63) is 23.5 Å². The van der Waals surface area contributed by atoms with Crippen LogP contribution in [-0.2, 0) is 0 Å². The molecular formula is C12H14F4N2O. The molecule has 1 N–H and O–H groups in total. The van der Waals surface area contributed by atoms with Crippen LogP contribution in [0.5, 0.6) is 0 Å². The largest absolute Gasteiger partial charge is 0.395 e. The molecule has 0 aromatic carbocycles. The Morgan fingerprint density at radius 2 is 1.58 bits per heavy atom. The number of anilines is 1. The maximum atomic E-state index is 13.7. The van der Waals surface area contributed by atoms with E-state index in [9.17, 15) is 17.6 Å². The number of pyridine rings is 1. The Balaban J connectivity index is 2.46. The van der Waals surface area contributed by atoms with Crippen LogP contribution >= 0.6 is 0 Å². The summed E-state index contributed by atoms with van der Waals surface area (Å²) in [6, 6.07) is -0.225. The van der Waals surface area contributed by atoms with Crippen LogP contribution in [0.4, 0.5) is 23.2 Å². The first kappa shape index (κ1) is 14.0. The van der Waals surface area contributed by atoms with E-state index in [1.807, 2.05) is 0 Å². The molecule has 0 bridgehead atoms. The van der Waals surface area contributed by atoms with Crippen molar-refractivity contribution in [2.45, 2.75) is 31.7 Å². The molecule has 0 radical (unpaired) electrons. The predicted octanol–water partition coefficient (Wildman–Crippen LogP) is 2.38. The summed E-state index contributed by atoms with van der Waals surface area (Å²) in [4.78, 5) is 3.73. The average molecular weight is 278 g/mol. The summed E-state index contributed by atoms with van der Waals surface area (Å²) in [6.07, 6.45) is 3.10. The number of rotatable bonds is 4. The predicted molar refractivity (Wildman–Crippen MR) is 60.8 cm³/mol. The van der Waals surface area contributed by atoms with Gasteiger partial charge in [-0.2, -0.15) is 22.5 Å². The minimum atomic E-state index is -1.67. The van der Waals surface area contributed by atoms with E-state index in [0.717, 1.165) is 12.8 Å². The van der Waals surface area contributed by atoms with E-state index in [-0.39, 0.29) is 19.2 Å². The van der Waals surface area contributed by atoms with Crippen LogP contribution in [0.1, 0.15) is 25.7 Å². The van der Waals surface area contributed by atoms with Crippen LogP contribution in [0, 0.1) is 23.5 Å². The molecule has 1 aromatic rings. The highest BCUT2D eigenvalue weighted by Gasteiger charge is 2.30. The highest BCUT2D eigenvalue weighted by Crippen LogP contribution is 2.32. The van der Waals surface area contributed by atoms with Crippen molar-refractivity contribution in [2.24, 2.45) is 0 Å².